The van der Waals surface area contributed by atoms with Gasteiger partial charge in [-0.3, -0.25) is 0 Å². The van der Waals surface area contributed by atoms with Gasteiger partial charge in [0.15, 0.2) is 0 Å². The van der Waals surface area contributed by atoms with E-state index >= 15 is 0 Å². The third-order valence-electron chi connectivity index (χ3n) is 1.96. The molecule has 0 spiro atoms. The topological polar surface area (TPSA) is 52.6 Å². The summed E-state index contributed by atoms with van der Waals surface area (Å²) in [7, 11) is 1.31. The molecule has 0 N–H and O–H groups in total. The van der Waals surface area contributed by atoms with E-state index in [1.54, 1.807) is 19.9 Å². The van der Waals surface area contributed by atoms with Crippen molar-refractivity contribution in [2.75, 3.05) is 13.7 Å². The van der Waals surface area contributed by atoms with Crippen LogP contribution >= 0.6 is 0 Å². The molecule has 96 valence electrons. The van der Waals surface area contributed by atoms with Crippen molar-refractivity contribution >= 4 is 11.9 Å². The molecule has 0 unspecified atom stereocenters. The van der Waals surface area contributed by atoms with Crippen LogP contribution in [0.1, 0.15) is 27.7 Å². The predicted molar refractivity (Wildman–Crippen MR) is 65.3 cm³/mol. The van der Waals surface area contributed by atoms with Crippen LogP contribution in [-0.2, 0) is 19.1 Å². The molecule has 0 aliphatic rings. The monoisotopic (exact) mass is 240 g/mol. The Bertz CT molecular complexity index is 337. The number of esters is 2. The van der Waals surface area contributed by atoms with Gasteiger partial charge >= 0.3 is 11.9 Å². The van der Waals surface area contributed by atoms with Crippen molar-refractivity contribution in [2.24, 2.45) is 5.92 Å². The van der Waals surface area contributed by atoms with E-state index in [0.29, 0.717) is 23.7 Å². The molecule has 4 nitrogen and oxygen atoms in total. The van der Waals surface area contributed by atoms with Crippen LogP contribution in [0.2, 0.25) is 0 Å². The minimum absolute atomic E-state index is 0.305. The molecular weight excluding hydrogens is 220 g/mol. The van der Waals surface area contributed by atoms with Crippen LogP contribution in [0.15, 0.2) is 23.3 Å². The van der Waals surface area contributed by atoms with E-state index in [0.717, 1.165) is 0 Å². The smallest absolute Gasteiger partial charge is 0.333 e. The van der Waals surface area contributed by atoms with Crippen molar-refractivity contribution in [3.8, 4) is 0 Å². The minimum atomic E-state index is -0.412. The van der Waals surface area contributed by atoms with Gasteiger partial charge in [-0.05, 0) is 19.8 Å². The minimum Gasteiger partial charge on any atom is -0.466 e. The fraction of sp³-hybridized carbons (Fsp3) is 0.538. The van der Waals surface area contributed by atoms with Crippen LogP contribution in [0.25, 0.3) is 0 Å². The first-order valence-electron chi connectivity index (χ1n) is 5.49. The van der Waals surface area contributed by atoms with E-state index in [1.807, 2.05) is 13.8 Å². The number of hydrogen-bond acceptors (Lipinski definition) is 4. The lowest BCUT2D eigenvalue weighted by atomic mass is 10.2. The fourth-order valence-electron chi connectivity index (χ4n) is 0.903. The van der Waals surface area contributed by atoms with Crippen molar-refractivity contribution in [1.82, 2.24) is 0 Å². The third-order valence-corrected chi connectivity index (χ3v) is 1.96. The Balaban J connectivity index is 4.44. The third kappa shape index (κ3) is 6.56. The van der Waals surface area contributed by atoms with Gasteiger partial charge in [-0.2, -0.15) is 0 Å². The van der Waals surface area contributed by atoms with E-state index in [4.69, 9.17) is 4.74 Å². The average molecular weight is 240 g/mol. The Morgan fingerprint density at radius 3 is 1.94 bits per heavy atom. The summed E-state index contributed by atoms with van der Waals surface area (Å²) < 4.78 is 9.56. The number of carbonyl (C=O) groups excluding carboxylic acids is 2. The van der Waals surface area contributed by atoms with Crippen LogP contribution in [0, 0.1) is 5.92 Å². The first-order valence-corrected chi connectivity index (χ1v) is 5.49. The highest BCUT2D eigenvalue weighted by atomic mass is 16.5. The van der Waals surface area contributed by atoms with Crippen molar-refractivity contribution in [3.05, 3.63) is 23.3 Å². The average Bonchev–Trinajstić information content (AvgIpc) is 2.31. The number of methoxy groups -OCH3 is 1. The zero-order valence-electron chi connectivity index (χ0n) is 11.1. The molecule has 0 heterocycles. The Labute approximate surface area is 102 Å². The van der Waals surface area contributed by atoms with Gasteiger partial charge in [0.05, 0.1) is 13.7 Å². The predicted octanol–water partition coefficient (Wildman–Crippen LogP) is 2.25. The van der Waals surface area contributed by atoms with Gasteiger partial charge in [-0.25, -0.2) is 9.59 Å². The maximum atomic E-state index is 11.5. The maximum Gasteiger partial charge on any atom is 0.333 e. The van der Waals surface area contributed by atoms with Crippen LogP contribution in [-0.4, -0.2) is 25.7 Å². The highest BCUT2D eigenvalue weighted by molar-refractivity contribution is 5.90. The number of rotatable bonds is 5. The van der Waals surface area contributed by atoms with Crippen molar-refractivity contribution in [2.45, 2.75) is 27.7 Å². The first kappa shape index (κ1) is 15.4. The molecule has 0 fully saturated rings. The van der Waals surface area contributed by atoms with E-state index in [9.17, 15) is 9.59 Å². The van der Waals surface area contributed by atoms with E-state index in [1.165, 1.54) is 13.2 Å². The molecule has 0 atom stereocenters. The second-order valence-electron chi connectivity index (χ2n) is 4.18. The van der Waals surface area contributed by atoms with Gasteiger partial charge < -0.3 is 9.47 Å². The number of hydrogen-bond donors (Lipinski definition) is 0. The van der Waals surface area contributed by atoms with Crippen LogP contribution < -0.4 is 0 Å². The molecule has 0 saturated carbocycles. The van der Waals surface area contributed by atoms with Crippen LogP contribution in [0.3, 0.4) is 0 Å². The number of allylic oxidation sites excluding steroid dienone is 2. The standard InChI is InChI=1S/C13H20O4/c1-9(2)8-17-13(15)11(4)7-6-10(3)12(14)16-5/h6-7,9H,8H2,1-5H3/b10-6+,11-7+. The molecule has 0 rings (SSSR count). The van der Waals surface area contributed by atoms with Crippen molar-refractivity contribution in [1.29, 1.82) is 0 Å². The van der Waals surface area contributed by atoms with Crippen LogP contribution in [0.5, 0.6) is 0 Å². The number of carbonyl (C=O) groups is 2. The molecule has 0 aromatic heterocycles. The van der Waals surface area contributed by atoms with Gasteiger partial charge in [0.2, 0.25) is 0 Å². The number of ether oxygens (including phenoxy) is 2. The summed E-state index contributed by atoms with van der Waals surface area (Å²) in [4.78, 5) is 22.5. The molecule has 0 amide bonds. The summed E-state index contributed by atoms with van der Waals surface area (Å²) in [5.41, 5.74) is 0.886. The molecule has 0 saturated heterocycles. The first-order chi connectivity index (χ1) is 7.88. The Morgan fingerprint density at radius 2 is 1.53 bits per heavy atom. The van der Waals surface area contributed by atoms with E-state index in [-0.39, 0.29) is 5.97 Å². The Kier molecular flexibility index (Phi) is 6.94. The van der Waals surface area contributed by atoms with Crippen LogP contribution in [0.4, 0.5) is 0 Å². The summed E-state index contributed by atoms with van der Waals surface area (Å²) in [5.74, 6) is -0.476. The Morgan fingerprint density at radius 1 is 1.06 bits per heavy atom. The highest BCUT2D eigenvalue weighted by Gasteiger charge is 2.06. The summed E-state index contributed by atoms with van der Waals surface area (Å²) in [5, 5.41) is 0. The Hall–Kier alpha value is -1.58. The zero-order valence-corrected chi connectivity index (χ0v) is 11.1. The fourth-order valence-corrected chi connectivity index (χ4v) is 0.903. The second-order valence-corrected chi connectivity index (χ2v) is 4.18. The quantitative estimate of drug-likeness (QED) is 0.420. The summed E-state index contributed by atoms with van der Waals surface area (Å²) >= 11 is 0. The molecule has 0 radical (unpaired) electrons. The van der Waals surface area contributed by atoms with Gasteiger partial charge in [0.1, 0.15) is 0 Å². The molecule has 0 aliphatic carbocycles. The zero-order chi connectivity index (χ0) is 13.4. The van der Waals surface area contributed by atoms with Crippen molar-refractivity contribution in [3.63, 3.8) is 0 Å². The maximum absolute atomic E-state index is 11.5. The van der Waals surface area contributed by atoms with Gasteiger partial charge in [0, 0.05) is 11.1 Å². The van der Waals surface area contributed by atoms with Gasteiger partial charge in [0.25, 0.3) is 0 Å². The summed E-state index contributed by atoms with van der Waals surface area (Å²) in [6, 6.07) is 0. The van der Waals surface area contributed by atoms with Gasteiger partial charge in [-0.15, -0.1) is 0 Å². The van der Waals surface area contributed by atoms with Crippen molar-refractivity contribution < 1.29 is 19.1 Å². The SMILES string of the molecule is COC(=O)/C(C)=C/C=C(\C)C(=O)OCC(C)C. The normalized spacial score (nSPS) is 12.6. The lowest BCUT2D eigenvalue weighted by Crippen LogP contribution is -2.10. The summed E-state index contributed by atoms with van der Waals surface area (Å²) in [6.07, 6.45) is 3.09. The molecular formula is C13H20O4. The largest absolute Gasteiger partial charge is 0.466 e. The van der Waals surface area contributed by atoms with E-state index in [2.05, 4.69) is 4.74 Å². The lowest BCUT2D eigenvalue weighted by molar-refractivity contribution is -0.140. The molecule has 0 aromatic rings. The van der Waals surface area contributed by atoms with Gasteiger partial charge in [-0.1, -0.05) is 26.0 Å². The lowest BCUT2D eigenvalue weighted by Gasteiger charge is -2.06. The van der Waals surface area contributed by atoms with E-state index < -0.39 is 5.97 Å². The molecule has 17 heavy (non-hydrogen) atoms. The molecule has 4 heteroatoms. The second kappa shape index (κ2) is 7.65. The highest BCUT2D eigenvalue weighted by Crippen LogP contribution is 2.03. The summed E-state index contributed by atoms with van der Waals surface area (Å²) in [6.45, 7) is 7.59. The molecule has 0 aliphatic heterocycles. The molecule has 0 bridgehead atoms. The molecule has 0 aromatic carbocycles.